The fourth-order valence-electron chi connectivity index (χ4n) is 4.35. The minimum absolute atomic E-state index is 0.0643. The minimum Gasteiger partial charge on any atom is -0.340 e. The highest BCUT2D eigenvalue weighted by atomic mass is 16.2. The number of aryl methyl sites for hydroxylation is 1. The molecule has 1 fully saturated rings. The predicted molar refractivity (Wildman–Crippen MR) is 114 cm³/mol. The molecule has 2 aliphatic heterocycles. The van der Waals surface area contributed by atoms with Crippen molar-refractivity contribution in [3.8, 4) is 0 Å². The number of aromatic nitrogens is 2. The van der Waals surface area contributed by atoms with Crippen LogP contribution in [0.3, 0.4) is 0 Å². The summed E-state index contributed by atoms with van der Waals surface area (Å²) in [5.74, 6) is 0.885. The molecule has 0 bridgehead atoms. The maximum Gasteiger partial charge on any atom is 0.326 e. The van der Waals surface area contributed by atoms with Gasteiger partial charge in [0.1, 0.15) is 11.3 Å². The zero-order chi connectivity index (χ0) is 21.3. The van der Waals surface area contributed by atoms with Gasteiger partial charge in [-0.05, 0) is 56.7 Å². The van der Waals surface area contributed by atoms with E-state index >= 15 is 0 Å². The summed E-state index contributed by atoms with van der Waals surface area (Å²) in [5.41, 5.74) is 2.62. The van der Waals surface area contributed by atoms with Gasteiger partial charge in [0.05, 0.1) is 5.56 Å². The summed E-state index contributed by atoms with van der Waals surface area (Å²) in [4.78, 5) is 33.6. The molecule has 8 heteroatoms. The molecule has 4 rings (SSSR count). The van der Waals surface area contributed by atoms with E-state index < -0.39 is 0 Å². The molecule has 2 amide bonds. The monoisotopic (exact) mass is 408 g/mol. The molecule has 0 spiro atoms. The molecule has 4 heterocycles. The lowest BCUT2D eigenvalue weighted by Crippen LogP contribution is -2.42. The average Bonchev–Trinajstić information content (AvgIpc) is 2.77. The van der Waals surface area contributed by atoms with Gasteiger partial charge in [-0.15, -0.1) is 0 Å². The predicted octanol–water partition coefficient (Wildman–Crippen LogP) is 2.65. The van der Waals surface area contributed by atoms with Crippen LogP contribution in [-0.4, -0.2) is 52.6 Å². The third kappa shape index (κ3) is 3.69. The number of rotatable bonds is 2. The summed E-state index contributed by atoms with van der Waals surface area (Å²) < 4.78 is 1.25. The van der Waals surface area contributed by atoms with Crippen molar-refractivity contribution < 1.29 is 9.59 Å². The van der Waals surface area contributed by atoms with E-state index in [0.29, 0.717) is 5.56 Å². The van der Waals surface area contributed by atoms with Crippen molar-refractivity contribution in [2.24, 2.45) is 0 Å². The van der Waals surface area contributed by atoms with Gasteiger partial charge in [-0.3, -0.25) is 14.8 Å². The lowest BCUT2D eigenvalue weighted by Gasteiger charge is -2.34. The zero-order valence-corrected chi connectivity index (χ0v) is 17.5. The molecule has 1 atom stereocenters. The number of nitrogens with zero attached hydrogens (tertiary/aromatic N) is 4. The van der Waals surface area contributed by atoms with Gasteiger partial charge in [0.15, 0.2) is 0 Å². The van der Waals surface area contributed by atoms with Crippen LogP contribution in [0.25, 0.3) is 0 Å². The Kier molecular flexibility index (Phi) is 5.57. The van der Waals surface area contributed by atoms with Gasteiger partial charge < -0.3 is 15.1 Å². The summed E-state index contributed by atoms with van der Waals surface area (Å²) in [6, 6.07) is 5.39. The van der Waals surface area contributed by atoms with Crippen LogP contribution in [0.5, 0.6) is 0 Å². The fourth-order valence-corrected chi connectivity index (χ4v) is 4.35. The van der Waals surface area contributed by atoms with Crippen LogP contribution in [0.2, 0.25) is 0 Å². The van der Waals surface area contributed by atoms with Crippen molar-refractivity contribution >= 4 is 23.4 Å². The molecule has 30 heavy (non-hydrogen) atoms. The van der Waals surface area contributed by atoms with Crippen molar-refractivity contribution in [2.75, 3.05) is 25.0 Å². The molecule has 1 unspecified atom stereocenters. The molecule has 8 nitrogen and oxygen atoms in total. The molecule has 2 aliphatic rings. The maximum absolute atomic E-state index is 13.0. The van der Waals surface area contributed by atoms with E-state index in [0.717, 1.165) is 55.8 Å². The van der Waals surface area contributed by atoms with E-state index in [9.17, 15) is 9.59 Å². The molecule has 158 valence electrons. The molecule has 2 aromatic heterocycles. The number of hydrogen-bond donors (Lipinski definition) is 2. The molecule has 0 radical (unpaired) electrons. The maximum atomic E-state index is 13.0. The molecule has 0 saturated carbocycles. The number of likely N-dealkylation sites (tertiary alicyclic amines) is 1. The molecule has 1 saturated heterocycles. The quantitative estimate of drug-likeness (QED) is 0.799. The topological polar surface area (TPSA) is 94.3 Å². The van der Waals surface area contributed by atoms with Crippen LogP contribution >= 0.6 is 0 Å². The normalized spacial score (nSPS) is 18.7. The average molecular weight is 409 g/mol. The number of carbonyl (C=O) groups excluding carboxylic acids is 2. The van der Waals surface area contributed by atoms with Crippen molar-refractivity contribution in [2.45, 2.75) is 45.1 Å². The third-order valence-electron chi connectivity index (χ3n) is 6.02. The summed E-state index contributed by atoms with van der Waals surface area (Å²) in [5, 5.41) is 10.7. The Balaban J connectivity index is 1.62. The molecule has 0 aliphatic carbocycles. The van der Waals surface area contributed by atoms with Gasteiger partial charge in [-0.2, -0.15) is 0 Å². The standard InChI is InChI=1S/C22H28N6O2/c1-15-6-3-4-9-26(15)21(29)17-12-16-7-5-10-27(20(16)25-14-17)18-8-11-28(19(23)13-18)22(30)24-2/h8,11-15,23H,3-7,9-10H2,1-2H3,(H,24,30). The van der Waals surface area contributed by atoms with Crippen molar-refractivity contribution in [3.05, 3.63) is 47.2 Å². The second-order valence-corrected chi connectivity index (χ2v) is 8.00. The summed E-state index contributed by atoms with van der Waals surface area (Å²) >= 11 is 0. The van der Waals surface area contributed by atoms with E-state index in [4.69, 9.17) is 5.41 Å². The molecular formula is C22H28N6O2. The van der Waals surface area contributed by atoms with Gasteiger partial charge in [-0.25, -0.2) is 9.78 Å². The largest absolute Gasteiger partial charge is 0.340 e. The number of fused-ring (bicyclic) bond motifs is 1. The lowest BCUT2D eigenvalue weighted by atomic mass is 10.0. The first-order valence-corrected chi connectivity index (χ1v) is 10.6. The van der Waals surface area contributed by atoms with E-state index in [1.54, 1.807) is 18.5 Å². The highest BCUT2D eigenvalue weighted by molar-refractivity contribution is 5.95. The summed E-state index contributed by atoms with van der Waals surface area (Å²) in [6.45, 7) is 3.70. The highest BCUT2D eigenvalue weighted by Gasteiger charge is 2.27. The number of carbonyl (C=O) groups is 2. The van der Waals surface area contributed by atoms with Gasteiger partial charge in [0.2, 0.25) is 0 Å². The van der Waals surface area contributed by atoms with Crippen LogP contribution in [0, 0.1) is 5.41 Å². The smallest absolute Gasteiger partial charge is 0.326 e. The third-order valence-corrected chi connectivity index (χ3v) is 6.02. The van der Waals surface area contributed by atoms with Crippen molar-refractivity contribution in [3.63, 3.8) is 0 Å². The van der Waals surface area contributed by atoms with Crippen LogP contribution < -0.4 is 15.7 Å². The minimum atomic E-state index is -0.348. The first-order valence-electron chi connectivity index (χ1n) is 10.6. The van der Waals surface area contributed by atoms with E-state index in [1.807, 2.05) is 17.0 Å². The van der Waals surface area contributed by atoms with Gasteiger partial charge in [-0.1, -0.05) is 0 Å². The summed E-state index contributed by atoms with van der Waals surface area (Å²) in [6.07, 6.45) is 8.37. The molecule has 0 aromatic carbocycles. The van der Waals surface area contributed by atoms with Crippen LogP contribution in [0.1, 0.15) is 48.5 Å². The number of hydrogen-bond acceptors (Lipinski definition) is 5. The molecule has 2 N–H and O–H groups in total. The Hall–Kier alpha value is -3.16. The number of anilines is 2. The number of pyridine rings is 2. The van der Waals surface area contributed by atoms with Crippen molar-refractivity contribution in [1.82, 2.24) is 19.8 Å². The fraction of sp³-hybridized carbons (Fsp3) is 0.455. The van der Waals surface area contributed by atoms with Crippen molar-refractivity contribution in [1.29, 1.82) is 5.41 Å². The van der Waals surface area contributed by atoms with Gasteiger partial charge in [0, 0.05) is 50.3 Å². The number of nitrogens with one attached hydrogen (secondary N) is 2. The Morgan fingerprint density at radius 1 is 1.20 bits per heavy atom. The first-order chi connectivity index (χ1) is 14.5. The highest BCUT2D eigenvalue weighted by Crippen LogP contribution is 2.32. The number of piperidine rings is 1. The van der Waals surface area contributed by atoms with Crippen LogP contribution in [0.15, 0.2) is 30.6 Å². The van der Waals surface area contributed by atoms with Crippen LogP contribution in [0.4, 0.5) is 16.3 Å². The Labute approximate surface area is 176 Å². The van der Waals surface area contributed by atoms with E-state index in [2.05, 4.69) is 22.1 Å². The Morgan fingerprint density at radius 2 is 2.03 bits per heavy atom. The Bertz CT molecular complexity index is 1030. The number of amides is 2. The molecule has 2 aromatic rings. The Morgan fingerprint density at radius 3 is 2.77 bits per heavy atom. The first kappa shape index (κ1) is 20.1. The molecular weight excluding hydrogens is 380 g/mol. The SMILES string of the molecule is CNC(=O)n1ccc(N2CCCc3cc(C(=O)N4CCCCC4C)cnc32)cc1=N. The second-order valence-electron chi connectivity index (χ2n) is 8.00. The van der Waals surface area contributed by atoms with E-state index in [1.165, 1.54) is 18.0 Å². The van der Waals surface area contributed by atoms with Crippen LogP contribution in [-0.2, 0) is 6.42 Å². The summed E-state index contributed by atoms with van der Waals surface area (Å²) in [7, 11) is 1.54. The van der Waals surface area contributed by atoms with E-state index in [-0.39, 0.29) is 23.5 Å². The van der Waals surface area contributed by atoms with Gasteiger partial charge in [0.25, 0.3) is 5.91 Å². The lowest BCUT2D eigenvalue weighted by molar-refractivity contribution is 0.0635. The zero-order valence-electron chi connectivity index (χ0n) is 17.5. The second kappa shape index (κ2) is 8.30. The van der Waals surface area contributed by atoms with Gasteiger partial charge >= 0.3 is 6.03 Å².